The minimum Gasteiger partial charge on any atom is -0.484 e. The fourth-order valence-electron chi connectivity index (χ4n) is 4.10. The number of nitrogens with zero attached hydrogens (tertiary/aromatic N) is 1. The highest BCUT2D eigenvalue weighted by Crippen LogP contribution is 2.34. The van der Waals surface area contributed by atoms with Crippen LogP contribution in [0.2, 0.25) is 0 Å². The molecule has 1 aromatic heterocycles. The number of hydrogen-bond acceptors (Lipinski definition) is 5. The first kappa shape index (κ1) is 29.3. The van der Waals surface area contributed by atoms with Crippen LogP contribution in [0.3, 0.4) is 0 Å². The lowest BCUT2D eigenvalue weighted by Crippen LogP contribution is -2.28. The Morgan fingerprint density at radius 2 is 1.66 bits per heavy atom. The Morgan fingerprint density at radius 3 is 2.18 bits per heavy atom. The van der Waals surface area contributed by atoms with Crippen LogP contribution in [0.1, 0.15) is 68.6 Å². The van der Waals surface area contributed by atoms with Gasteiger partial charge in [-0.15, -0.1) is 0 Å². The molecule has 3 aromatic rings. The van der Waals surface area contributed by atoms with Crippen LogP contribution < -0.4 is 10.1 Å². The lowest BCUT2D eigenvalue weighted by Gasteiger charge is -2.27. The minimum absolute atomic E-state index is 0.0123. The smallest absolute Gasteiger partial charge is 0.266 e. The van der Waals surface area contributed by atoms with E-state index >= 15 is 0 Å². The second kappa shape index (κ2) is 12.5. The van der Waals surface area contributed by atoms with E-state index in [0.29, 0.717) is 17.2 Å². The van der Waals surface area contributed by atoms with Crippen molar-refractivity contribution in [1.29, 1.82) is 0 Å². The molecule has 0 saturated heterocycles. The molecule has 8 heteroatoms. The molecule has 0 aliphatic carbocycles. The van der Waals surface area contributed by atoms with Crippen molar-refractivity contribution in [3.05, 3.63) is 83.6 Å². The Balaban J connectivity index is 1.71. The molecular weight excluding hydrogens is 500 g/mol. The number of hydrogen-bond donors (Lipinski definition) is 2. The standard InChI is InChI=1S/C30H38N2O5S/c1-21(2)18-22-6-8-23(9-7-22)27-15-14-26(20-32-27)37-28(19-30(3,4)5)24-10-12-25(13-11-24)29(33)31-16-17-38(34,35)36/h6-15,20-21,28H,16-19H2,1-5H3,(H,31,33)(H,34,35,36). The highest BCUT2D eigenvalue weighted by Gasteiger charge is 2.23. The van der Waals surface area contributed by atoms with Gasteiger partial charge in [-0.05, 0) is 59.6 Å². The predicted molar refractivity (Wildman–Crippen MR) is 151 cm³/mol. The van der Waals surface area contributed by atoms with Gasteiger partial charge in [0.15, 0.2) is 0 Å². The molecule has 1 atom stereocenters. The van der Waals surface area contributed by atoms with Crippen molar-refractivity contribution in [2.45, 2.75) is 53.6 Å². The Labute approximate surface area is 226 Å². The summed E-state index contributed by atoms with van der Waals surface area (Å²) in [7, 11) is -4.13. The molecule has 1 heterocycles. The summed E-state index contributed by atoms with van der Waals surface area (Å²) in [5.41, 5.74) is 4.55. The molecule has 0 aliphatic rings. The zero-order valence-electron chi connectivity index (χ0n) is 22.8. The number of nitrogens with one attached hydrogen (secondary N) is 1. The molecule has 38 heavy (non-hydrogen) atoms. The van der Waals surface area contributed by atoms with Crippen LogP contribution in [0.25, 0.3) is 11.3 Å². The molecule has 3 rings (SSSR count). The van der Waals surface area contributed by atoms with Crippen molar-refractivity contribution < 1.29 is 22.5 Å². The second-order valence-corrected chi connectivity index (χ2v) is 12.8. The maximum atomic E-state index is 12.3. The first-order valence-electron chi connectivity index (χ1n) is 12.8. The van der Waals surface area contributed by atoms with Gasteiger partial charge >= 0.3 is 0 Å². The van der Waals surface area contributed by atoms with Crippen molar-refractivity contribution in [2.24, 2.45) is 11.3 Å². The van der Waals surface area contributed by atoms with Crippen molar-refractivity contribution in [2.75, 3.05) is 12.3 Å². The zero-order chi connectivity index (χ0) is 27.9. The molecule has 204 valence electrons. The van der Waals surface area contributed by atoms with Gasteiger partial charge in [0.25, 0.3) is 16.0 Å². The van der Waals surface area contributed by atoms with Gasteiger partial charge in [-0.25, -0.2) is 0 Å². The molecule has 0 aliphatic heterocycles. The average molecular weight is 539 g/mol. The molecule has 0 bridgehead atoms. The van der Waals surface area contributed by atoms with E-state index in [9.17, 15) is 13.2 Å². The topological polar surface area (TPSA) is 106 Å². The summed E-state index contributed by atoms with van der Waals surface area (Å²) in [6.07, 6.45) is 3.28. The van der Waals surface area contributed by atoms with E-state index < -0.39 is 21.8 Å². The van der Waals surface area contributed by atoms with E-state index in [2.05, 4.69) is 69.2 Å². The van der Waals surface area contributed by atoms with Gasteiger partial charge < -0.3 is 10.1 Å². The number of amides is 1. The fourth-order valence-corrected chi connectivity index (χ4v) is 4.46. The first-order valence-corrected chi connectivity index (χ1v) is 14.5. The largest absolute Gasteiger partial charge is 0.484 e. The Bertz CT molecular complexity index is 1290. The number of carbonyl (C=O) groups excluding carboxylic acids is 1. The normalized spacial score (nSPS) is 12.8. The van der Waals surface area contributed by atoms with Gasteiger partial charge in [-0.2, -0.15) is 8.42 Å². The SMILES string of the molecule is CC(C)Cc1ccc(-c2ccc(OC(CC(C)(C)C)c3ccc(C(=O)NCCS(=O)(=O)O)cc3)cn2)cc1. The van der Waals surface area contributed by atoms with Gasteiger partial charge in [-0.1, -0.05) is 71.0 Å². The zero-order valence-corrected chi connectivity index (χ0v) is 23.6. The number of pyridine rings is 1. The molecule has 0 spiro atoms. The number of rotatable bonds is 11. The molecular formula is C30H38N2O5S. The van der Waals surface area contributed by atoms with Gasteiger partial charge in [0, 0.05) is 17.7 Å². The summed E-state index contributed by atoms with van der Waals surface area (Å²) in [6, 6.07) is 19.4. The molecule has 0 saturated carbocycles. The van der Waals surface area contributed by atoms with Crippen LogP contribution >= 0.6 is 0 Å². The summed E-state index contributed by atoms with van der Waals surface area (Å²) in [5, 5.41) is 2.49. The second-order valence-electron chi connectivity index (χ2n) is 11.2. The maximum Gasteiger partial charge on any atom is 0.266 e. The predicted octanol–water partition coefficient (Wildman–Crippen LogP) is 6.12. The monoisotopic (exact) mass is 538 g/mol. The third kappa shape index (κ3) is 9.58. The minimum atomic E-state index is -4.13. The van der Waals surface area contributed by atoms with E-state index in [4.69, 9.17) is 9.29 Å². The Kier molecular flexibility index (Phi) is 9.68. The van der Waals surface area contributed by atoms with Crippen LogP contribution in [0.15, 0.2) is 66.9 Å². The van der Waals surface area contributed by atoms with E-state index in [-0.39, 0.29) is 18.1 Å². The lowest BCUT2D eigenvalue weighted by atomic mass is 9.86. The van der Waals surface area contributed by atoms with E-state index in [1.807, 2.05) is 24.3 Å². The maximum absolute atomic E-state index is 12.3. The summed E-state index contributed by atoms with van der Waals surface area (Å²) in [6.45, 7) is 10.7. The van der Waals surface area contributed by atoms with Gasteiger partial charge in [0.1, 0.15) is 11.9 Å². The number of aromatic nitrogens is 1. The highest BCUT2D eigenvalue weighted by molar-refractivity contribution is 7.85. The third-order valence-electron chi connectivity index (χ3n) is 5.90. The van der Waals surface area contributed by atoms with Crippen molar-refractivity contribution in [3.8, 4) is 17.0 Å². The van der Waals surface area contributed by atoms with Crippen LogP contribution in [0.4, 0.5) is 0 Å². The third-order valence-corrected chi connectivity index (χ3v) is 6.62. The van der Waals surface area contributed by atoms with E-state index in [0.717, 1.165) is 29.7 Å². The van der Waals surface area contributed by atoms with Crippen LogP contribution in [-0.4, -0.2) is 36.2 Å². The first-order chi connectivity index (χ1) is 17.8. The Hall–Kier alpha value is -3.23. The van der Waals surface area contributed by atoms with E-state index in [1.54, 1.807) is 18.3 Å². The average Bonchev–Trinajstić information content (AvgIpc) is 2.83. The molecule has 7 nitrogen and oxygen atoms in total. The fraction of sp³-hybridized carbons (Fsp3) is 0.400. The van der Waals surface area contributed by atoms with Crippen LogP contribution in [0.5, 0.6) is 5.75 Å². The Morgan fingerprint density at radius 1 is 1.00 bits per heavy atom. The molecule has 0 fully saturated rings. The molecule has 1 amide bonds. The van der Waals surface area contributed by atoms with Crippen molar-refractivity contribution >= 4 is 16.0 Å². The summed E-state index contributed by atoms with van der Waals surface area (Å²) in [4.78, 5) is 16.9. The number of ether oxygens (including phenoxy) is 1. The summed E-state index contributed by atoms with van der Waals surface area (Å²) >= 11 is 0. The van der Waals surface area contributed by atoms with Crippen molar-refractivity contribution in [1.82, 2.24) is 10.3 Å². The molecule has 1 unspecified atom stereocenters. The van der Waals surface area contributed by atoms with Crippen LogP contribution in [0, 0.1) is 11.3 Å². The van der Waals surface area contributed by atoms with Gasteiger partial charge in [0.05, 0.1) is 17.6 Å². The van der Waals surface area contributed by atoms with Crippen molar-refractivity contribution in [3.63, 3.8) is 0 Å². The van der Waals surface area contributed by atoms with Gasteiger partial charge in [-0.3, -0.25) is 14.3 Å². The number of benzene rings is 2. The molecule has 0 radical (unpaired) electrons. The molecule has 2 aromatic carbocycles. The summed E-state index contributed by atoms with van der Waals surface area (Å²) < 4.78 is 36.9. The number of carbonyl (C=O) groups is 1. The van der Waals surface area contributed by atoms with Crippen LogP contribution in [-0.2, 0) is 16.5 Å². The van der Waals surface area contributed by atoms with E-state index in [1.165, 1.54) is 5.56 Å². The lowest BCUT2D eigenvalue weighted by molar-refractivity contribution is 0.0955. The quantitative estimate of drug-likeness (QED) is 0.285. The molecule has 2 N–H and O–H groups in total. The summed E-state index contributed by atoms with van der Waals surface area (Å²) in [5.74, 6) is 0.328. The highest BCUT2D eigenvalue weighted by atomic mass is 32.2. The van der Waals surface area contributed by atoms with Gasteiger partial charge in [0.2, 0.25) is 0 Å².